The molecular weight excluding hydrogens is 395 g/mol. The van der Waals surface area contributed by atoms with Crippen molar-refractivity contribution in [2.24, 2.45) is 23.5 Å². The van der Waals surface area contributed by atoms with Crippen molar-refractivity contribution in [2.75, 3.05) is 18.0 Å². The smallest absolute Gasteiger partial charge is 0.223 e. The SMILES string of the molecule is Cl.Cl.NC1C2CCCC1CC(C(=O)NCc1ccnc(N3CCCCC3)c1)C2. The molecule has 0 spiro atoms. The van der Waals surface area contributed by atoms with Crippen molar-refractivity contribution in [1.29, 1.82) is 0 Å². The lowest BCUT2D eigenvalue weighted by Crippen LogP contribution is -2.49. The Balaban J connectivity index is 0.00000140. The van der Waals surface area contributed by atoms with Crippen molar-refractivity contribution in [3.8, 4) is 0 Å². The molecule has 4 rings (SSSR count). The van der Waals surface area contributed by atoms with Crippen LogP contribution in [0.2, 0.25) is 0 Å². The summed E-state index contributed by atoms with van der Waals surface area (Å²) in [4.78, 5) is 19.6. The second kappa shape index (κ2) is 10.7. The molecule has 1 aromatic rings. The summed E-state index contributed by atoms with van der Waals surface area (Å²) < 4.78 is 0. The Labute approximate surface area is 181 Å². The summed E-state index contributed by atoms with van der Waals surface area (Å²) in [6, 6.07) is 4.47. The Kier molecular flexibility index (Phi) is 8.84. The zero-order valence-electron chi connectivity index (χ0n) is 16.5. The van der Waals surface area contributed by atoms with E-state index < -0.39 is 0 Å². The average Bonchev–Trinajstić information content (AvgIpc) is 2.67. The van der Waals surface area contributed by atoms with Crippen LogP contribution in [0.25, 0.3) is 0 Å². The van der Waals surface area contributed by atoms with E-state index in [-0.39, 0.29) is 36.6 Å². The summed E-state index contributed by atoms with van der Waals surface area (Å²) in [6.07, 6.45) is 11.3. The van der Waals surface area contributed by atoms with Crippen LogP contribution in [0.1, 0.15) is 56.9 Å². The molecule has 0 aromatic carbocycles. The first-order chi connectivity index (χ1) is 12.7. The van der Waals surface area contributed by atoms with Gasteiger partial charge >= 0.3 is 0 Å². The Morgan fingerprint density at radius 2 is 1.79 bits per heavy atom. The highest BCUT2D eigenvalue weighted by molar-refractivity contribution is 5.85. The molecule has 2 unspecified atom stereocenters. The van der Waals surface area contributed by atoms with Gasteiger partial charge in [0.25, 0.3) is 0 Å². The molecule has 2 aliphatic carbocycles. The largest absolute Gasteiger partial charge is 0.357 e. The molecule has 1 amide bonds. The van der Waals surface area contributed by atoms with Crippen LogP contribution in [-0.4, -0.2) is 30.0 Å². The number of aromatic nitrogens is 1. The van der Waals surface area contributed by atoms with E-state index in [2.05, 4.69) is 21.3 Å². The average molecular weight is 429 g/mol. The molecule has 0 radical (unpaired) electrons. The lowest BCUT2D eigenvalue weighted by molar-refractivity contribution is -0.128. The summed E-state index contributed by atoms with van der Waals surface area (Å²) in [7, 11) is 0. The fraction of sp³-hybridized carbons (Fsp3) is 0.714. The first-order valence-corrected chi connectivity index (χ1v) is 10.4. The lowest BCUT2D eigenvalue weighted by atomic mass is 9.65. The first-order valence-electron chi connectivity index (χ1n) is 10.4. The fourth-order valence-corrected chi connectivity index (χ4v) is 5.20. The van der Waals surface area contributed by atoms with Crippen LogP contribution in [-0.2, 0) is 11.3 Å². The van der Waals surface area contributed by atoms with Crippen molar-refractivity contribution in [3.05, 3.63) is 23.9 Å². The summed E-state index contributed by atoms with van der Waals surface area (Å²) in [5.74, 6) is 2.50. The lowest BCUT2D eigenvalue weighted by Gasteiger charge is -2.43. The van der Waals surface area contributed by atoms with Crippen molar-refractivity contribution in [1.82, 2.24) is 10.3 Å². The Morgan fingerprint density at radius 1 is 1.11 bits per heavy atom. The topological polar surface area (TPSA) is 71.2 Å². The van der Waals surface area contributed by atoms with Crippen LogP contribution < -0.4 is 16.0 Å². The van der Waals surface area contributed by atoms with Gasteiger partial charge in [-0.15, -0.1) is 24.8 Å². The van der Waals surface area contributed by atoms with Crippen LogP contribution in [0.3, 0.4) is 0 Å². The highest BCUT2D eigenvalue weighted by Crippen LogP contribution is 2.41. The minimum absolute atomic E-state index is 0. The number of carbonyl (C=O) groups is 1. The molecule has 5 nitrogen and oxygen atoms in total. The molecule has 2 heterocycles. The van der Waals surface area contributed by atoms with Crippen molar-refractivity contribution in [2.45, 2.75) is 64.0 Å². The number of carbonyl (C=O) groups excluding carboxylic acids is 1. The van der Waals surface area contributed by atoms with Crippen molar-refractivity contribution < 1.29 is 4.79 Å². The van der Waals surface area contributed by atoms with Crippen LogP contribution >= 0.6 is 24.8 Å². The highest BCUT2D eigenvalue weighted by atomic mass is 35.5. The number of piperidine rings is 1. The van der Waals surface area contributed by atoms with E-state index in [1.165, 1.54) is 38.5 Å². The van der Waals surface area contributed by atoms with Gasteiger partial charge in [0.15, 0.2) is 0 Å². The highest BCUT2D eigenvalue weighted by Gasteiger charge is 2.40. The third kappa shape index (κ3) is 5.31. The van der Waals surface area contributed by atoms with Gasteiger partial charge in [0, 0.05) is 37.8 Å². The number of anilines is 1. The summed E-state index contributed by atoms with van der Waals surface area (Å²) in [5.41, 5.74) is 7.50. The molecule has 3 aliphatic rings. The third-order valence-electron chi connectivity index (χ3n) is 6.74. The number of fused-ring (bicyclic) bond motifs is 2. The molecule has 7 heteroatoms. The van der Waals surface area contributed by atoms with E-state index in [4.69, 9.17) is 5.73 Å². The van der Waals surface area contributed by atoms with Crippen LogP contribution in [0, 0.1) is 17.8 Å². The van der Waals surface area contributed by atoms with Crippen molar-refractivity contribution >= 4 is 36.5 Å². The molecular formula is C21H34Cl2N4O. The van der Waals surface area contributed by atoms with Gasteiger partial charge in [-0.1, -0.05) is 6.42 Å². The second-order valence-corrected chi connectivity index (χ2v) is 8.48. The standard InChI is InChI=1S/C21H32N4O.2ClH/c22-20-16-5-4-6-17(20)13-18(12-16)21(26)24-14-15-7-8-23-19(11-15)25-9-2-1-3-10-25;;/h7-8,11,16-18,20H,1-6,9-10,12-14,22H2,(H,24,26);2*1H. The number of hydrogen-bond acceptors (Lipinski definition) is 4. The van der Waals surface area contributed by atoms with Gasteiger partial charge in [-0.3, -0.25) is 4.79 Å². The summed E-state index contributed by atoms with van der Waals surface area (Å²) in [5, 5.41) is 3.18. The Morgan fingerprint density at radius 3 is 2.46 bits per heavy atom. The molecule has 3 N–H and O–H groups in total. The number of nitrogens with one attached hydrogen (secondary N) is 1. The maximum Gasteiger partial charge on any atom is 0.223 e. The van der Waals surface area contributed by atoms with Gasteiger partial charge in [-0.25, -0.2) is 4.98 Å². The summed E-state index contributed by atoms with van der Waals surface area (Å²) in [6.45, 7) is 2.78. The Bertz CT molecular complexity index is 625. The molecule has 28 heavy (non-hydrogen) atoms. The number of rotatable bonds is 4. The van der Waals surface area contributed by atoms with Crippen LogP contribution in [0.5, 0.6) is 0 Å². The van der Waals surface area contributed by atoms with E-state index >= 15 is 0 Å². The van der Waals surface area contributed by atoms with Gasteiger partial charge in [-0.05, 0) is 74.5 Å². The van der Waals surface area contributed by atoms with Gasteiger partial charge in [0.2, 0.25) is 5.91 Å². The predicted octanol–water partition coefficient (Wildman–Crippen LogP) is 3.69. The van der Waals surface area contributed by atoms with E-state index in [0.29, 0.717) is 24.4 Å². The van der Waals surface area contributed by atoms with E-state index in [9.17, 15) is 4.79 Å². The molecule has 3 fully saturated rings. The number of pyridine rings is 1. The van der Waals surface area contributed by atoms with E-state index in [1.54, 1.807) is 0 Å². The van der Waals surface area contributed by atoms with Crippen LogP contribution in [0.4, 0.5) is 5.82 Å². The zero-order chi connectivity index (χ0) is 17.9. The molecule has 2 saturated carbocycles. The maximum absolute atomic E-state index is 12.7. The zero-order valence-corrected chi connectivity index (χ0v) is 18.1. The number of nitrogens with two attached hydrogens (primary N) is 1. The maximum atomic E-state index is 12.7. The number of halogens is 2. The summed E-state index contributed by atoms with van der Waals surface area (Å²) >= 11 is 0. The molecule has 1 aromatic heterocycles. The predicted molar refractivity (Wildman–Crippen MR) is 118 cm³/mol. The quantitative estimate of drug-likeness (QED) is 0.766. The molecule has 2 atom stereocenters. The monoisotopic (exact) mass is 428 g/mol. The molecule has 1 saturated heterocycles. The number of hydrogen-bond donors (Lipinski definition) is 2. The number of nitrogens with zero attached hydrogens (tertiary/aromatic N) is 2. The van der Waals surface area contributed by atoms with Gasteiger partial charge in [0.05, 0.1) is 0 Å². The molecule has 2 bridgehead atoms. The normalized spacial score (nSPS) is 29.2. The first kappa shape index (κ1) is 23.2. The van der Waals surface area contributed by atoms with Gasteiger partial charge < -0.3 is 16.0 Å². The fourth-order valence-electron chi connectivity index (χ4n) is 5.20. The minimum Gasteiger partial charge on any atom is -0.357 e. The minimum atomic E-state index is 0. The third-order valence-corrected chi connectivity index (χ3v) is 6.74. The second-order valence-electron chi connectivity index (χ2n) is 8.48. The van der Waals surface area contributed by atoms with E-state index in [0.717, 1.165) is 37.3 Å². The number of amides is 1. The molecule has 1 aliphatic heterocycles. The van der Waals surface area contributed by atoms with Crippen LogP contribution in [0.15, 0.2) is 18.3 Å². The van der Waals surface area contributed by atoms with Gasteiger partial charge in [0.1, 0.15) is 5.82 Å². The van der Waals surface area contributed by atoms with Gasteiger partial charge in [-0.2, -0.15) is 0 Å². The molecule has 158 valence electrons. The van der Waals surface area contributed by atoms with Crippen molar-refractivity contribution in [3.63, 3.8) is 0 Å². The van der Waals surface area contributed by atoms with E-state index in [1.807, 2.05) is 12.3 Å². The Hall–Kier alpha value is -1.04.